The van der Waals surface area contributed by atoms with Gasteiger partial charge in [0.2, 0.25) is 0 Å². The highest BCUT2D eigenvalue weighted by atomic mass is 32.1. The van der Waals surface area contributed by atoms with Crippen molar-refractivity contribution >= 4 is 33.3 Å². The maximum Gasteiger partial charge on any atom is 0.407 e. The van der Waals surface area contributed by atoms with Crippen LogP contribution in [-0.4, -0.2) is 67.0 Å². The molecule has 8 heteroatoms. The topological polar surface area (TPSA) is 66.9 Å². The molecule has 0 saturated carbocycles. The van der Waals surface area contributed by atoms with E-state index < -0.39 is 5.60 Å². The molecule has 37 heavy (non-hydrogen) atoms. The highest BCUT2D eigenvalue weighted by Crippen LogP contribution is 2.36. The molecule has 5 rings (SSSR count). The number of benzene rings is 2. The molecular formula is C29H38N4O3S. The summed E-state index contributed by atoms with van der Waals surface area (Å²) < 4.78 is 13.4. The Morgan fingerprint density at radius 1 is 1.08 bits per heavy atom. The minimum Gasteiger partial charge on any atom is -0.444 e. The smallest absolute Gasteiger partial charge is 0.407 e. The number of amides is 1. The van der Waals surface area contributed by atoms with Gasteiger partial charge in [0.1, 0.15) is 16.7 Å². The summed E-state index contributed by atoms with van der Waals surface area (Å²) in [5.41, 5.74) is 2.79. The number of piperidine rings is 1. The number of hydrogen-bond acceptors (Lipinski definition) is 7. The number of nitrogens with zero attached hydrogens (tertiary/aromatic N) is 3. The lowest BCUT2D eigenvalue weighted by Crippen LogP contribution is -2.40. The molecule has 2 aliphatic rings. The first kappa shape index (κ1) is 25.9. The van der Waals surface area contributed by atoms with Crippen LogP contribution < -0.4 is 10.2 Å². The molecular weight excluding hydrogens is 484 g/mol. The van der Waals surface area contributed by atoms with Crippen LogP contribution in [0.5, 0.6) is 0 Å². The van der Waals surface area contributed by atoms with Gasteiger partial charge in [-0.25, -0.2) is 9.78 Å². The number of ether oxygens (including phenoxy) is 2. The van der Waals surface area contributed by atoms with Crippen LogP contribution in [-0.2, 0) is 9.47 Å². The quantitative estimate of drug-likeness (QED) is 0.455. The van der Waals surface area contributed by atoms with Crippen molar-refractivity contribution in [2.75, 3.05) is 38.1 Å². The van der Waals surface area contributed by atoms with Crippen molar-refractivity contribution in [2.24, 2.45) is 0 Å². The Morgan fingerprint density at radius 2 is 1.86 bits per heavy atom. The van der Waals surface area contributed by atoms with Crippen molar-refractivity contribution < 1.29 is 14.3 Å². The van der Waals surface area contributed by atoms with Gasteiger partial charge in [0, 0.05) is 31.9 Å². The Bertz CT molecular complexity index is 1180. The molecule has 0 bridgehead atoms. The third-order valence-corrected chi connectivity index (χ3v) is 8.06. The predicted molar refractivity (Wildman–Crippen MR) is 149 cm³/mol. The highest BCUT2D eigenvalue weighted by molar-refractivity contribution is 7.18. The van der Waals surface area contributed by atoms with E-state index in [-0.39, 0.29) is 24.3 Å². The molecule has 3 heterocycles. The van der Waals surface area contributed by atoms with Crippen LogP contribution >= 0.6 is 11.3 Å². The SMILES string of the molecule is CN1CCC(OC(c2cccc(N3CCC(NC(=O)OC(C)(C)C)C3)c2)c2nc3ccccc3s2)CC1. The zero-order valence-electron chi connectivity index (χ0n) is 22.3. The third-order valence-electron chi connectivity index (χ3n) is 6.98. The monoisotopic (exact) mass is 522 g/mol. The first-order valence-corrected chi connectivity index (χ1v) is 14.1. The van der Waals surface area contributed by atoms with Crippen molar-refractivity contribution in [1.29, 1.82) is 0 Å². The first-order valence-electron chi connectivity index (χ1n) is 13.3. The van der Waals surface area contributed by atoms with Crippen molar-refractivity contribution in [2.45, 2.75) is 63.9 Å². The molecule has 2 aromatic carbocycles. The number of fused-ring (bicyclic) bond motifs is 1. The molecule has 198 valence electrons. The van der Waals surface area contributed by atoms with E-state index in [2.05, 4.69) is 64.6 Å². The Hall–Kier alpha value is -2.68. The van der Waals surface area contributed by atoms with Crippen molar-refractivity contribution in [3.8, 4) is 0 Å². The van der Waals surface area contributed by atoms with Crippen LogP contribution in [0.15, 0.2) is 48.5 Å². The van der Waals surface area contributed by atoms with E-state index in [0.29, 0.717) is 0 Å². The Kier molecular flexibility index (Phi) is 7.70. The molecule has 1 amide bonds. The summed E-state index contributed by atoms with van der Waals surface area (Å²) in [5.74, 6) is 0. The molecule has 2 unspecified atom stereocenters. The number of alkyl carbamates (subject to hydrolysis) is 1. The lowest BCUT2D eigenvalue weighted by molar-refractivity contribution is -0.0234. The van der Waals surface area contributed by atoms with Crippen molar-refractivity contribution in [3.05, 3.63) is 59.1 Å². The number of anilines is 1. The summed E-state index contributed by atoms with van der Waals surface area (Å²) in [6.07, 6.45) is 2.60. The number of para-hydroxylation sites is 1. The van der Waals surface area contributed by atoms with E-state index in [1.54, 1.807) is 11.3 Å². The second kappa shape index (κ2) is 11.0. The summed E-state index contributed by atoms with van der Waals surface area (Å²) in [7, 11) is 2.17. The number of carbonyl (C=O) groups excluding carboxylic acids is 1. The van der Waals surface area contributed by atoms with Gasteiger partial charge in [-0.1, -0.05) is 24.3 Å². The van der Waals surface area contributed by atoms with Gasteiger partial charge < -0.3 is 24.6 Å². The third kappa shape index (κ3) is 6.61. The number of aromatic nitrogens is 1. The number of hydrogen-bond donors (Lipinski definition) is 1. The lowest BCUT2D eigenvalue weighted by atomic mass is 10.1. The van der Waals surface area contributed by atoms with E-state index >= 15 is 0 Å². The fourth-order valence-electron chi connectivity index (χ4n) is 5.07. The standard InChI is InChI=1S/C29H38N4O3S/c1-29(2,3)36-28(34)30-21-12-17-33(19-21)22-9-7-8-20(18-22)26(35-23-13-15-32(4)16-14-23)27-31-24-10-5-6-11-25(24)37-27/h5-11,18,21,23,26H,12-17,19H2,1-4H3,(H,30,34). The minimum atomic E-state index is -0.500. The van der Waals surface area contributed by atoms with E-state index in [1.165, 1.54) is 4.70 Å². The fourth-order valence-corrected chi connectivity index (χ4v) is 6.10. The van der Waals surface area contributed by atoms with Gasteiger partial charge in [-0.15, -0.1) is 11.3 Å². The molecule has 2 aliphatic heterocycles. The Morgan fingerprint density at radius 3 is 2.62 bits per heavy atom. The molecule has 1 N–H and O–H groups in total. The van der Waals surface area contributed by atoms with Crippen LogP contribution in [0.25, 0.3) is 10.2 Å². The van der Waals surface area contributed by atoms with Gasteiger partial charge in [-0.3, -0.25) is 0 Å². The molecule has 7 nitrogen and oxygen atoms in total. The van der Waals surface area contributed by atoms with E-state index in [9.17, 15) is 4.79 Å². The minimum absolute atomic E-state index is 0.0639. The van der Waals surface area contributed by atoms with E-state index in [1.807, 2.05) is 26.8 Å². The Labute approximate surface area is 223 Å². The molecule has 0 spiro atoms. The summed E-state index contributed by atoms with van der Waals surface area (Å²) in [6.45, 7) is 9.39. The maximum absolute atomic E-state index is 12.3. The zero-order chi connectivity index (χ0) is 26.0. The normalized spacial score (nSPS) is 20.3. The van der Waals surface area contributed by atoms with Crippen LogP contribution in [0, 0.1) is 0 Å². The fraction of sp³-hybridized carbons (Fsp3) is 0.517. The van der Waals surface area contributed by atoms with Crippen LogP contribution in [0.4, 0.5) is 10.5 Å². The van der Waals surface area contributed by atoms with Gasteiger partial charge >= 0.3 is 6.09 Å². The number of likely N-dealkylation sites (tertiary alicyclic amines) is 1. The van der Waals surface area contributed by atoms with Crippen LogP contribution in [0.3, 0.4) is 0 Å². The number of carbonyl (C=O) groups is 1. The number of nitrogens with one attached hydrogen (secondary N) is 1. The maximum atomic E-state index is 12.3. The summed E-state index contributed by atoms with van der Waals surface area (Å²) in [4.78, 5) is 21.9. The van der Waals surface area contributed by atoms with Gasteiger partial charge in [0.15, 0.2) is 0 Å². The summed E-state index contributed by atoms with van der Waals surface area (Å²) >= 11 is 1.72. The van der Waals surface area contributed by atoms with Crippen molar-refractivity contribution in [1.82, 2.24) is 15.2 Å². The van der Waals surface area contributed by atoms with Crippen LogP contribution in [0.1, 0.15) is 56.7 Å². The largest absolute Gasteiger partial charge is 0.444 e. The van der Waals surface area contributed by atoms with Gasteiger partial charge in [-0.05, 0) is 76.9 Å². The molecule has 3 aromatic rings. The summed E-state index contributed by atoms with van der Waals surface area (Å²) in [5, 5.41) is 4.03. The molecule has 2 atom stereocenters. The lowest BCUT2D eigenvalue weighted by Gasteiger charge is -2.31. The molecule has 2 saturated heterocycles. The second-order valence-electron chi connectivity index (χ2n) is 11.2. The predicted octanol–water partition coefficient (Wildman–Crippen LogP) is 5.60. The first-order chi connectivity index (χ1) is 17.7. The average Bonchev–Trinajstić information content (AvgIpc) is 3.49. The highest BCUT2D eigenvalue weighted by Gasteiger charge is 2.29. The second-order valence-corrected chi connectivity index (χ2v) is 12.3. The zero-order valence-corrected chi connectivity index (χ0v) is 23.1. The number of rotatable bonds is 6. The van der Waals surface area contributed by atoms with Crippen molar-refractivity contribution in [3.63, 3.8) is 0 Å². The summed E-state index contributed by atoms with van der Waals surface area (Å²) in [6, 6.07) is 17.0. The van der Waals surface area contributed by atoms with Gasteiger partial charge in [-0.2, -0.15) is 0 Å². The molecule has 1 aromatic heterocycles. The number of thiazole rings is 1. The van der Waals surface area contributed by atoms with E-state index in [4.69, 9.17) is 14.5 Å². The van der Waals surface area contributed by atoms with Gasteiger partial charge in [0.05, 0.1) is 22.4 Å². The van der Waals surface area contributed by atoms with E-state index in [0.717, 1.165) is 67.2 Å². The molecule has 0 radical (unpaired) electrons. The Balaban J connectivity index is 1.35. The average molecular weight is 523 g/mol. The molecule has 0 aliphatic carbocycles. The van der Waals surface area contributed by atoms with Gasteiger partial charge in [0.25, 0.3) is 0 Å². The van der Waals surface area contributed by atoms with Crippen LogP contribution in [0.2, 0.25) is 0 Å². The molecule has 2 fully saturated rings.